The lowest BCUT2D eigenvalue weighted by molar-refractivity contribution is -0.132. The number of amides is 5. The third-order valence-electron chi connectivity index (χ3n) is 6.04. The van der Waals surface area contributed by atoms with Gasteiger partial charge in [0, 0.05) is 20.0 Å². The average molecular weight is 525 g/mol. The molecule has 0 saturated heterocycles. The molecule has 1 heterocycles. The van der Waals surface area contributed by atoms with Crippen molar-refractivity contribution in [2.24, 2.45) is 5.92 Å². The third kappa shape index (κ3) is 6.97. The van der Waals surface area contributed by atoms with E-state index in [0.717, 1.165) is 10.5 Å². The summed E-state index contributed by atoms with van der Waals surface area (Å²) in [6.45, 7) is 3.57. The zero-order chi connectivity index (χ0) is 27.1. The lowest BCUT2D eigenvalue weighted by Crippen LogP contribution is -2.55. The highest BCUT2D eigenvalue weighted by molar-refractivity contribution is 7.81. The standard InChI is InChI=1S/C27H32N4O5S/c1-16(2)13-20(24(33)29-21(23(32)28-3)14-17-9-5-4-6-10-17)30-25(34)22(37)15-31-26(35)18-11-7-8-12-19(18)27(31)36/h4-12,16,20-22,37H,13-15H2,1-3H3,(H,28,32)(H,29,33)(H,30,34)/t20-,21-,22?/m0/s1. The van der Waals surface area contributed by atoms with Crippen LogP contribution in [0, 0.1) is 5.92 Å². The molecule has 0 radical (unpaired) electrons. The number of nitrogens with one attached hydrogen (secondary N) is 3. The Balaban J connectivity index is 1.67. The summed E-state index contributed by atoms with van der Waals surface area (Å²) >= 11 is 4.32. The van der Waals surface area contributed by atoms with Gasteiger partial charge in [0.2, 0.25) is 17.7 Å². The van der Waals surface area contributed by atoms with Gasteiger partial charge in [-0.1, -0.05) is 56.3 Å². The number of fused-ring (bicyclic) bond motifs is 1. The molecule has 3 atom stereocenters. The fourth-order valence-corrected chi connectivity index (χ4v) is 4.38. The van der Waals surface area contributed by atoms with Gasteiger partial charge in [0.05, 0.1) is 16.4 Å². The van der Waals surface area contributed by atoms with E-state index in [1.54, 1.807) is 24.3 Å². The van der Waals surface area contributed by atoms with Gasteiger partial charge in [-0.15, -0.1) is 0 Å². The largest absolute Gasteiger partial charge is 0.357 e. The molecule has 9 nitrogen and oxygen atoms in total. The molecule has 2 aromatic rings. The van der Waals surface area contributed by atoms with Gasteiger partial charge >= 0.3 is 0 Å². The number of rotatable bonds is 11. The van der Waals surface area contributed by atoms with Crippen LogP contribution in [0.4, 0.5) is 0 Å². The van der Waals surface area contributed by atoms with Gasteiger partial charge < -0.3 is 16.0 Å². The molecule has 0 saturated carbocycles. The number of benzene rings is 2. The smallest absolute Gasteiger partial charge is 0.261 e. The first-order chi connectivity index (χ1) is 17.6. The van der Waals surface area contributed by atoms with Crippen LogP contribution in [-0.4, -0.2) is 65.4 Å². The van der Waals surface area contributed by atoms with Crippen LogP contribution in [0.25, 0.3) is 0 Å². The zero-order valence-corrected chi connectivity index (χ0v) is 22.0. The van der Waals surface area contributed by atoms with E-state index in [1.807, 2.05) is 44.2 Å². The maximum absolute atomic E-state index is 13.2. The van der Waals surface area contributed by atoms with Crippen LogP contribution in [0.1, 0.15) is 46.5 Å². The van der Waals surface area contributed by atoms with E-state index in [2.05, 4.69) is 28.6 Å². The summed E-state index contributed by atoms with van der Waals surface area (Å²) in [5.74, 6) is -2.38. The molecule has 3 rings (SSSR count). The van der Waals surface area contributed by atoms with Crippen molar-refractivity contribution in [2.45, 2.75) is 44.0 Å². The SMILES string of the molecule is CNC(=O)[C@H](Cc1ccccc1)NC(=O)[C@H](CC(C)C)NC(=O)C(S)CN1C(=O)c2ccccc2C1=O. The molecule has 1 aliphatic rings. The lowest BCUT2D eigenvalue weighted by Gasteiger charge is -2.25. The number of carbonyl (C=O) groups is 5. The molecule has 0 bridgehead atoms. The topological polar surface area (TPSA) is 125 Å². The van der Waals surface area contributed by atoms with Gasteiger partial charge in [0.25, 0.3) is 11.8 Å². The fraction of sp³-hybridized carbons (Fsp3) is 0.370. The van der Waals surface area contributed by atoms with E-state index >= 15 is 0 Å². The highest BCUT2D eigenvalue weighted by Crippen LogP contribution is 2.23. The van der Waals surface area contributed by atoms with Crippen LogP contribution in [0.15, 0.2) is 54.6 Å². The molecule has 37 heavy (non-hydrogen) atoms. The second kappa shape index (κ2) is 12.5. The first-order valence-corrected chi connectivity index (χ1v) is 12.6. The maximum atomic E-state index is 13.2. The van der Waals surface area contributed by atoms with Crippen molar-refractivity contribution in [3.8, 4) is 0 Å². The van der Waals surface area contributed by atoms with Crippen LogP contribution in [-0.2, 0) is 20.8 Å². The average Bonchev–Trinajstić information content (AvgIpc) is 3.12. The van der Waals surface area contributed by atoms with E-state index in [-0.39, 0.29) is 35.9 Å². The summed E-state index contributed by atoms with van der Waals surface area (Å²) in [4.78, 5) is 64.9. The van der Waals surface area contributed by atoms with Crippen LogP contribution in [0.2, 0.25) is 0 Å². The summed E-state index contributed by atoms with van der Waals surface area (Å²) in [6, 6.07) is 14.0. The molecular weight excluding hydrogens is 492 g/mol. The Kier molecular flexibility index (Phi) is 9.46. The second-order valence-corrected chi connectivity index (χ2v) is 9.96. The molecule has 1 aliphatic heterocycles. The molecule has 0 fully saturated rings. The van der Waals surface area contributed by atoms with Gasteiger partial charge in [-0.05, 0) is 30.0 Å². The zero-order valence-electron chi connectivity index (χ0n) is 21.1. The predicted octanol–water partition coefficient (Wildman–Crippen LogP) is 1.59. The van der Waals surface area contributed by atoms with E-state index < -0.39 is 41.0 Å². The Hall–Kier alpha value is -3.66. The maximum Gasteiger partial charge on any atom is 0.261 e. The molecule has 2 aromatic carbocycles. The van der Waals surface area contributed by atoms with E-state index in [1.165, 1.54) is 7.05 Å². The highest BCUT2D eigenvalue weighted by Gasteiger charge is 2.37. The quantitative estimate of drug-likeness (QED) is 0.263. The van der Waals surface area contributed by atoms with Crippen molar-refractivity contribution in [3.05, 3.63) is 71.3 Å². The molecule has 0 aliphatic carbocycles. The summed E-state index contributed by atoms with van der Waals surface area (Å²) < 4.78 is 0. The highest BCUT2D eigenvalue weighted by atomic mass is 32.1. The van der Waals surface area contributed by atoms with Crippen LogP contribution in [0.5, 0.6) is 0 Å². The van der Waals surface area contributed by atoms with Crippen molar-refractivity contribution >= 4 is 42.2 Å². The first-order valence-electron chi connectivity index (χ1n) is 12.1. The lowest BCUT2D eigenvalue weighted by atomic mass is 10.0. The Morgan fingerprint density at radius 2 is 1.35 bits per heavy atom. The number of imide groups is 1. The molecule has 3 N–H and O–H groups in total. The number of carbonyl (C=O) groups excluding carboxylic acids is 5. The number of thiol groups is 1. The molecule has 10 heteroatoms. The van der Waals surface area contributed by atoms with Crippen molar-refractivity contribution in [1.82, 2.24) is 20.9 Å². The molecule has 196 valence electrons. The molecule has 5 amide bonds. The minimum absolute atomic E-state index is 0.0539. The van der Waals surface area contributed by atoms with Gasteiger partial charge in [0.1, 0.15) is 12.1 Å². The molecule has 0 aromatic heterocycles. The summed E-state index contributed by atoms with van der Waals surface area (Å²) in [5, 5.41) is 6.96. The fourth-order valence-electron chi connectivity index (χ4n) is 4.14. The van der Waals surface area contributed by atoms with Crippen molar-refractivity contribution in [3.63, 3.8) is 0 Å². The molecule has 0 spiro atoms. The number of hydrogen-bond acceptors (Lipinski definition) is 6. The minimum atomic E-state index is -1.05. The van der Waals surface area contributed by atoms with Crippen LogP contribution >= 0.6 is 12.6 Å². The number of nitrogens with zero attached hydrogens (tertiary/aromatic N) is 1. The van der Waals surface area contributed by atoms with Crippen LogP contribution < -0.4 is 16.0 Å². The van der Waals surface area contributed by atoms with Crippen molar-refractivity contribution < 1.29 is 24.0 Å². The normalized spacial score (nSPS) is 15.1. The van der Waals surface area contributed by atoms with Gasteiger partial charge in [0.15, 0.2) is 0 Å². The van der Waals surface area contributed by atoms with Crippen LogP contribution in [0.3, 0.4) is 0 Å². The Morgan fingerprint density at radius 3 is 1.89 bits per heavy atom. The third-order valence-corrected chi connectivity index (χ3v) is 6.44. The summed E-state index contributed by atoms with van der Waals surface area (Å²) in [5.41, 5.74) is 1.44. The second-order valence-electron chi connectivity index (χ2n) is 9.34. The number of hydrogen-bond donors (Lipinski definition) is 4. The van der Waals surface area contributed by atoms with Crippen molar-refractivity contribution in [1.29, 1.82) is 0 Å². The Morgan fingerprint density at radius 1 is 0.811 bits per heavy atom. The van der Waals surface area contributed by atoms with Crippen molar-refractivity contribution in [2.75, 3.05) is 13.6 Å². The van der Waals surface area contributed by atoms with Gasteiger partial charge in [-0.2, -0.15) is 12.6 Å². The molecular formula is C27H32N4O5S. The predicted molar refractivity (Wildman–Crippen MR) is 142 cm³/mol. The minimum Gasteiger partial charge on any atom is -0.357 e. The van der Waals surface area contributed by atoms with E-state index in [4.69, 9.17) is 0 Å². The Bertz CT molecular complexity index is 1140. The van der Waals surface area contributed by atoms with E-state index in [9.17, 15) is 24.0 Å². The first kappa shape index (κ1) is 27.9. The summed E-state index contributed by atoms with van der Waals surface area (Å²) in [6.07, 6.45) is 0.598. The van der Waals surface area contributed by atoms with Gasteiger partial charge in [-0.3, -0.25) is 28.9 Å². The molecule has 1 unspecified atom stereocenters. The van der Waals surface area contributed by atoms with E-state index in [0.29, 0.717) is 6.42 Å². The number of likely N-dealkylation sites (N-methyl/N-ethyl adjacent to an activating group) is 1. The summed E-state index contributed by atoms with van der Waals surface area (Å²) in [7, 11) is 1.49. The monoisotopic (exact) mass is 524 g/mol. The Labute approximate surface area is 221 Å². The van der Waals surface area contributed by atoms with Gasteiger partial charge in [-0.25, -0.2) is 0 Å².